The number of benzene rings is 3. The molecule has 0 saturated heterocycles. The first kappa shape index (κ1) is 23.9. The fourth-order valence-corrected chi connectivity index (χ4v) is 3.27. The normalized spacial score (nSPS) is 10.4. The van der Waals surface area contributed by atoms with Gasteiger partial charge in [-0.3, -0.25) is 9.59 Å². The number of carbonyl (C=O) groups excluding carboxylic acids is 2. The van der Waals surface area contributed by atoms with Crippen molar-refractivity contribution in [1.82, 2.24) is 4.90 Å². The zero-order chi connectivity index (χ0) is 23.5. The van der Waals surface area contributed by atoms with Gasteiger partial charge in [-0.25, -0.2) is 0 Å². The second-order valence-corrected chi connectivity index (χ2v) is 7.86. The molecule has 0 aliphatic heterocycles. The summed E-state index contributed by atoms with van der Waals surface area (Å²) in [5.41, 5.74) is 3.00. The maximum Gasteiger partial charge on any atom is 0.253 e. The molecule has 3 aromatic carbocycles. The summed E-state index contributed by atoms with van der Waals surface area (Å²) in [5.74, 6) is 0.520. The molecular weight excluding hydrogens is 414 g/mol. The SMILES string of the molecule is CCCCOc1ccc(NCC(=O)Nc2cccc(C(=O)N(C)Cc3ccccc3)c2)cc1. The Kier molecular flexibility index (Phi) is 8.88. The smallest absolute Gasteiger partial charge is 0.253 e. The summed E-state index contributed by atoms with van der Waals surface area (Å²) in [6.45, 7) is 3.46. The van der Waals surface area contributed by atoms with E-state index in [-0.39, 0.29) is 18.4 Å². The van der Waals surface area contributed by atoms with Gasteiger partial charge in [-0.1, -0.05) is 49.7 Å². The Bertz CT molecular complexity index is 1040. The third-order valence-corrected chi connectivity index (χ3v) is 5.08. The van der Waals surface area contributed by atoms with Crippen molar-refractivity contribution in [2.75, 3.05) is 30.8 Å². The number of unbranched alkanes of at least 4 members (excludes halogenated alkanes) is 1. The molecule has 0 aliphatic carbocycles. The van der Waals surface area contributed by atoms with Crippen molar-refractivity contribution in [1.29, 1.82) is 0 Å². The van der Waals surface area contributed by atoms with Gasteiger partial charge in [0.2, 0.25) is 5.91 Å². The van der Waals surface area contributed by atoms with Gasteiger partial charge in [-0.05, 0) is 54.4 Å². The Labute approximate surface area is 195 Å². The Morgan fingerprint density at radius 1 is 0.909 bits per heavy atom. The zero-order valence-electron chi connectivity index (χ0n) is 19.2. The molecule has 0 unspecified atom stereocenters. The summed E-state index contributed by atoms with van der Waals surface area (Å²) >= 11 is 0. The topological polar surface area (TPSA) is 70.7 Å². The van der Waals surface area contributed by atoms with Crippen LogP contribution in [-0.4, -0.2) is 36.9 Å². The highest BCUT2D eigenvalue weighted by molar-refractivity contribution is 5.98. The molecule has 0 fully saturated rings. The molecule has 6 nitrogen and oxygen atoms in total. The number of amides is 2. The van der Waals surface area contributed by atoms with Crippen molar-refractivity contribution < 1.29 is 14.3 Å². The Morgan fingerprint density at radius 2 is 1.67 bits per heavy atom. The predicted octanol–water partition coefficient (Wildman–Crippen LogP) is 5.19. The van der Waals surface area contributed by atoms with Gasteiger partial charge >= 0.3 is 0 Å². The highest BCUT2D eigenvalue weighted by atomic mass is 16.5. The summed E-state index contributed by atoms with van der Waals surface area (Å²) < 4.78 is 5.65. The van der Waals surface area contributed by atoms with E-state index in [1.54, 1.807) is 36.2 Å². The number of hydrogen-bond donors (Lipinski definition) is 2. The van der Waals surface area contributed by atoms with E-state index in [9.17, 15) is 9.59 Å². The van der Waals surface area contributed by atoms with Crippen LogP contribution in [0.4, 0.5) is 11.4 Å². The van der Waals surface area contributed by atoms with E-state index in [0.29, 0.717) is 24.4 Å². The van der Waals surface area contributed by atoms with Crippen molar-refractivity contribution in [2.45, 2.75) is 26.3 Å². The van der Waals surface area contributed by atoms with Gasteiger partial charge < -0.3 is 20.3 Å². The minimum absolute atomic E-state index is 0.102. The lowest BCUT2D eigenvalue weighted by atomic mass is 10.1. The van der Waals surface area contributed by atoms with Crippen LogP contribution < -0.4 is 15.4 Å². The van der Waals surface area contributed by atoms with Crippen LogP contribution in [0.15, 0.2) is 78.9 Å². The fourth-order valence-electron chi connectivity index (χ4n) is 3.27. The van der Waals surface area contributed by atoms with Crippen LogP contribution in [0.3, 0.4) is 0 Å². The van der Waals surface area contributed by atoms with Crippen molar-refractivity contribution in [3.8, 4) is 5.75 Å². The molecule has 6 heteroatoms. The standard InChI is InChI=1S/C27H31N3O3/c1-3-4-17-33-25-15-13-23(14-16-25)28-19-26(31)29-24-12-8-11-22(18-24)27(32)30(2)20-21-9-6-5-7-10-21/h5-16,18,28H,3-4,17,19-20H2,1-2H3,(H,29,31). The molecule has 0 atom stereocenters. The Morgan fingerprint density at radius 3 is 2.39 bits per heavy atom. The average molecular weight is 446 g/mol. The van der Waals surface area contributed by atoms with Crippen LogP contribution >= 0.6 is 0 Å². The molecule has 0 aliphatic rings. The van der Waals surface area contributed by atoms with Gasteiger partial charge in [0.25, 0.3) is 5.91 Å². The monoisotopic (exact) mass is 445 g/mol. The van der Waals surface area contributed by atoms with Gasteiger partial charge in [0.1, 0.15) is 5.75 Å². The molecule has 3 rings (SSSR count). The van der Waals surface area contributed by atoms with Crippen molar-refractivity contribution in [2.24, 2.45) is 0 Å². The molecular formula is C27H31N3O3. The van der Waals surface area contributed by atoms with E-state index in [1.807, 2.05) is 54.6 Å². The average Bonchev–Trinajstić information content (AvgIpc) is 2.84. The van der Waals surface area contributed by atoms with Crippen LogP contribution in [0.2, 0.25) is 0 Å². The van der Waals surface area contributed by atoms with Crippen LogP contribution in [0.1, 0.15) is 35.7 Å². The predicted molar refractivity (Wildman–Crippen MR) is 133 cm³/mol. The van der Waals surface area contributed by atoms with Gasteiger partial charge in [0.15, 0.2) is 0 Å². The van der Waals surface area contributed by atoms with Crippen LogP contribution in [-0.2, 0) is 11.3 Å². The molecule has 0 heterocycles. The maximum absolute atomic E-state index is 12.8. The highest BCUT2D eigenvalue weighted by Crippen LogP contribution is 2.17. The summed E-state index contributed by atoms with van der Waals surface area (Å²) in [6, 6.07) is 24.4. The largest absolute Gasteiger partial charge is 0.494 e. The van der Waals surface area contributed by atoms with Gasteiger partial charge in [-0.15, -0.1) is 0 Å². The van der Waals surface area contributed by atoms with Crippen LogP contribution in [0.25, 0.3) is 0 Å². The molecule has 0 aromatic heterocycles. The molecule has 33 heavy (non-hydrogen) atoms. The molecule has 0 radical (unpaired) electrons. The number of nitrogens with zero attached hydrogens (tertiary/aromatic N) is 1. The van der Waals surface area contributed by atoms with E-state index in [0.717, 1.165) is 29.8 Å². The molecule has 2 N–H and O–H groups in total. The van der Waals surface area contributed by atoms with Crippen molar-refractivity contribution in [3.63, 3.8) is 0 Å². The lowest BCUT2D eigenvalue weighted by molar-refractivity contribution is -0.114. The van der Waals surface area contributed by atoms with Crippen LogP contribution in [0, 0.1) is 0 Å². The number of carbonyl (C=O) groups is 2. The van der Waals surface area contributed by atoms with Crippen molar-refractivity contribution in [3.05, 3.63) is 90.0 Å². The minimum Gasteiger partial charge on any atom is -0.494 e. The Hall–Kier alpha value is -3.80. The molecule has 172 valence electrons. The molecule has 3 aromatic rings. The van der Waals surface area contributed by atoms with E-state index in [4.69, 9.17) is 4.74 Å². The van der Waals surface area contributed by atoms with E-state index in [1.165, 1.54) is 0 Å². The fraction of sp³-hybridized carbons (Fsp3) is 0.259. The lowest BCUT2D eigenvalue weighted by Crippen LogP contribution is -2.26. The first-order valence-corrected chi connectivity index (χ1v) is 11.2. The number of ether oxygens (including phenoxy) is 1. The minimum atomic E-state index is -0.194. The molecule has 0 spiro atoms. The number of anilines is 2. The lowest BCUT2D eigenvalue weighted by Gasteiger charge is -2.18. The van der Waals surface area contributed by atoms with E-state index in [2.05, 4.69) is 17.6 Å². The second-order valence-electron chi connectivity index (χ2n) is 7.86. The number of nitrogens with one attached hydrogen (secondary N) is 2. The summed E-state index contributed by atoms with van der Waals surface area (Å²) in [6.07, 6.45) is 2.12. The van der Waals surface area contributed by atoms with Crippen LogP contribution in [0.5, 0.6) is 5.75 Å². The number of hydrogen-bond acceptors (Lipinski definition) is 4. The van der Waals surface area contributed by atoms with E-state index < -0.39 is 0 Å². The Balaban J connectivity index is 1.50. The first-order valence-electron chi connectivity index (χ1n) is 11.2. The molecule has 0 bridgehead atoms. The van der Waals surface area contributed by atoms with Gasteiger partial charge in [0.05, 0.1) is 13.2 Å². The molecule has 2 amide bonds. The zero-order valence-corrected chi connectivity index (χ0v) is 19.2. The molecule has 0 saturated carbocycles. The highest BCUT2D eigenvalue weighted by Gasteiger charge is 2.13. The number of rotatable bonds is 11. The van der Waals surface area contributed by atoms with Gasteiger partial charge in [-0.2, -0.15) is 0 Å². The summed E-state index contributed by atoms with van der Waals surface area (Å²) in [5, 5.41) is 5.94. The third kappa shape index (κ3) is 7.68. The first-order chi connectivity index (χ1) is 16.0. The second kappa shape index (κ2) is 12.3. The van der Waals surface area contributed by atoms with E-state index >= 15 is 0 Å². The van der Waals surface area contributed by atoms with Gasteiger partial charge in [0, 0.05) is 30.5 Å². The quantitative estimate of drug-likeness (QED) is 0.399. The summed E-state index contributed by atoms with van der Waals surface area (Å²) in [4.78, 5) is 26.8. The summed E-state index contributed by atoms with van der Waals surface area (Å²) in [7, 11) is 1.77. The maximum atomic E-state index is 12.8. The van der Waals surface area contributed by atoms with Crippen molar-refractivity contribution >= 4 is 23.2 Å². The third-order valence-electron chi connectivity index (χ3n) is 5.08.